The minimum Gasteiger partial charge on any atom is -0.480 e. The smallest absolute Gasteiger partial charge is 0.150 e. The second-order valence-electron chi connectivity index (χ2n) is 18.8. The molecule has 3 fully saturated rings. The average molecular weight is 849 g/mol. The Hall–Kier alpha value is -3.73. The zero-order valence-corrected chi connectivity index (χ0v) is 34.8. The Balaban J connectivity index is 0.851. The molecule has 3 saturated carbocycles. The van der Waals surface area contributed by atoms with Gasteiger partial charge in [0.2, 0.25) is 0 Å². The van der Waals surface area contributed by atoms with Gasteiger partial charge in [0.25, 0.3) is 0 Å². The minimum atomic E-state index is -0.0337. The molecule has 2 heterocycles. The Bertz CT molecular complexity index is 2320. The number of fused-ring (bicyclic) bond motifs is 10. The van der Waals surface area contributed by atoms with Crippen LogP contribution in [0.3, 0.4) is 0 Å². The van der Waals surface area contributed by atoms with Crippen molar-refractivity contribution in [3.05, 3.63) is 157 Å². The number of benzene rings is 2. The SMILES string of the molecule is CC1=CC=C(N2C3=C(CCC=C3)C3CC(C4C=CC(NC5CC6C(c7ccccc7C67CCCC7)C5c5cc(I)cc6c5C5=C=CC=CC5O6)=CC4)CC32)CC1. The van der Waals surface area contributed by atoms with Crippen molar-refractivity contribution in [1.82, 2.24) is 10.2 Å². The van der Waals surface area contributed by atoms with E-state index in [1.807, 2.05) is 0 Å². The summed E-state index contributed by atoms with van der Waals surface area (Å²) in [7, 11) is 0. The van der Waals surface area contributed by atoms with E-state index in [9.17, 15) is 0 Å². The maximum absolute atomic E-state index is 6.64. The molecule has 3 nitrogen and oxygen atoms in total. The molecule has 4 heteroatoms. The zero-order valence-electron chi connectivity index (χ0n) is 32.7. The summed E-state index contributed by atoms with van der Waals surface area (Å²) in [6, 6.07) is 15.4. The van der Waals surface area contributed by atoms with Crippen molar-refractivity contribution in [2.75, 3.05) is 0 Å². The van der Waals surface area contributed by atoms with Crippen LogP contribution in [-0.4, -0.2) is 23.1 Å². The molecule has 56 heavy (non-hydrogen) atoms. The van der Waals surface area contributed by atoms with Gasteiger partial charge in [-0.25, -0.2) is 0 Å². The summed E-state index contributed by atoms with van der Waals surface area (Å²) in [5.74, 6) is 4.64. The fourth-order valence-corrected chi connectivity index (χ4v) is 14.6. The van der Waals surface area contributed by atoms with E-state index in [0.29, 0.717) is 41.2 Å². The third-order valence-electron chi connectivity index (χ3n) is 16.2. The number of allylic oxidation sites excluding steroid dienone is 10. The maximum atomic E-state index is 6.64. The van der Waals surface area contributed by atoms with E-state index < -0.39 is 0 Å². The lowest BCUT2D eigenvalue weighted by Crippen LogP contribution is -2.34. The number of ether oxygens (including phenoxy) is 1. The Morgan fingerprint density at radius 3 is 2.71 bits per heavy atom. The fourth-order valence-electron chi connectivity index (χ4n) is 14.0. The molecule has 2 aliphatic heterocycles. The first kappa shape index (κ1) is 34.3. The van der Waals surface area contributed by atoms with Crippen LogP contribution in [0.1, 0.15) is 118 Å². The molecule has 2 aromatic carbocycles. The molecule has 9 unspecified atom stereocenters. The summed E-state index contributed by atoms with van der Waals surface area (Å²) >= 11 is 2.53. The molecule has 10 aliphatic rings. The summed E-state index contributed by atoms with van der Waals surface area (Å²) in [5.41, 5.74) is 19.0. The third-order valence-corrected chi connectivity index (χ3v) is 16.9. The predicted octanol–water partition coefficient (Wildman–Crippen LogP) is 12.2. The van der Waals surface area contributed by atoms with Gasteiger partial charge in [-0.05, 0) is 188 Å². The van der Waals surface area contributed by atoms with Crippen LogP contribution < -0.4 is 10.1 Å². The van der Waals surface area contributed by atoms with E-state index in [-0.39, 0.29) is 6.10 Å². The number of nitrogens with one attached hydrogen (secondary N) is 1. The van der Waals surface area contributed by atoms with Crippen LogP contribution in [0, 0.1) is 27.2 Å². The molecular formula is C52H53IN2O. The largest absolute Gasteiger partial charge is 0.480 e. The van der Waals surface area contributed by atoms with E-state index in [2.05, 4.69) is 143 Å². The molecule has 2 aromatic rings. The summed E-state index contributed by atoms with van der Waals surface area (Å²) in [5, 5.41) is 4.30. The van der Waals surface area contributed by atoms with Crippen molar-refractivity contribution in [2.24, 2.45) is 23.7 Å². The van der Waals surface area contributed by atoms with Crippen LogP contribution in [0.15, 0.2) is 131 Å². The van der Waals surface area contributed by atoms with E-state index in [1.165, 1.54) is 102 Å². The third kappa shape index (κ3) is 5.13. The fraction of sp³-hybridized carbons (Fsp3) is 0.442. The zero-order chi connectivity index (χ0) is 37.1. The van der Waals surface area contributed by atoms with Gasteiger partial charge in [0.05, 0.1) is 0 Å². The number of rotatable bonds is 5. The Morgan fingerprint density at radius 1 is 0.946 bits per heavy atom. The van der Waals surface area contributed by atoms with Gasteiger partial charge in [0.1, 0.15) is 5.75 Å². The quantitative estimate of drug-likeness (QED) is 0.240. The van der Waals surface area contributed by atoms with E-state index in [0.717, 1.165) is 24.0 Å². The lowest BCUT2D eigenvalue weighted by Gasteiger charge is -2.34. The van der Waals surface area contributed by atoms with Crippen LogP contribution in [0.5, 0.6) is 5.75 Å². The highest BCUT2D eigenvalue weighted by Crippen LogP contribution is 2.68. The molecule has 9 atom stereocenters. The van der Waals surface area contributed by atoms with E-state index in [4.69, 9.17) is 4.74 Å². The van der Waals surface area contributed by atoms with Crippen molar-refractivity contribution >= 4 is 28.2 Å². The number of hydrogen-bond donors (Lipinski definition) is 1. The van der Waals surface area contributed by atoms with E-state index >= 15 is 0 Å². The molecule has 0 saturated heterocycles. The van der Waals surface area contributed by atoms with Crippen molar-refractivity contribution in [3.8, 4) is 5.75 Å². The molecule has 0 bridgehead atoms. The van der Waals surface area contributed by atoms with Crippen LogP contribution in [-0.2, 0) is 5.41 Å². The molecule has 1 spiro atoms. The highest BCUT2D eigenvalue weighted by atomic mass is 127. The summed E-state index contributed by atoms with van der Waals surface area (Å²) < 4.78 is 7.91. The van der Waals surface area contributed by atoms with Crippen molar-refractivity contribution in [2.45, 2.75) is 119 Å². The first-order valence-electron chi connectivity index (χ1n) is 22.0. The molecule has 12 rings (SSSR count). The second-order valence-corrected chi connectivity index (χ2v) is 20.1. The lowest BCUT2D eigenvalue weighted by molar-refractivity contribution is 0.280. The first-order valence-corrected chi connectivity index (χ1v) is 23.1. The van der Waals surface area contributed by atoms with Gasteiger partial charge >= 0.3 is 0 Å². The molecular weight excluding hydrogens is 795 g/mol. The first-order chi connectivity index (χ1) is 27.5. The Labute approximate surface area is 347 Å². The number of halogens is 1. The molecule has 0 radical (unpaired) electrons. The average Bonchev–Trinajstić information content (AvgIpc) is 4.07. The van der Waals surface area contributed by atoms with Gasteiger partial charge in [-0.2, -0.15) is 0 Å². The standard InChI is InChI=1S/C52H53IN2O/c1-31-16-22-36(23-17-31)55-45-14-6-3-10-37(45)40-26-33(27-46(40)55)32-18-20-35(21-19-32)54-44-30-43-50(38-11-2-5-13-42(38)52(43)24-8-9-25-52)51(44)41-28-34(53)29-48-49(41)39-12-4-7-15-47(39)56-48/h2,4-7,11,13-16,18,20-22,28-29,32-33,40,43-44,46-47,50-51,54H,3,8-10,17,19,23-27,30H2,1H3. The Morgan fingerprint density at radius 2 is 1.86 bits per heavy atom. The van der Waals surface area contributed by atoms with Crippen LogP contribution in [0.25, 0.3) is 5.57 Å². The van der Waals surface area contributed by atoms with Gasteiger partial charge in [-0.3, -0.25) is 0 Å². The van der Waals surface area contributed by atoms with Crippen LogP contribution in [0.2, 0.25) is 0 Å². The highest BCUT2D eigenvalue weighted by Gasteiger charge is 2.61. The lowest BCUT2D eigenvalue weighted by atomic mass is 9.71. The number of hydrogen-bond acceptors (Lipinski definition) is 3. The van der Waals surface area contributed by atoms with Crippen LogP contribution >= 0.6 is 22.6 Å². The summed E-state index contributed by atoms with van der Waals surface area (Å²) in [4.78, 5) is 2.81. The van der Waals surface area contributed by atoms with Gasteiger partial charge in [-0.1, -0.05) is 73.1 Å². The monoisotopic (exact) mass is 848 g/mol. The van der Waals surface area contributed by atoms with Gasteiger partial charge in [0.15, 0.2) is 6.10 Å². The molecule has 0 amide bonds. The molecule has 0 aromatic heterocycles. The van der Waals surface area contributed by atoms with Gasteiger partial charge < -0.3 is 15.0 Å². The number of nitrogens with zero attached hydrogens (tertiary/aromatic N) is 1. The minimum absolute atomic E-state index is 0.0337. The summed E-state index contributed by atoms with van der Waals surface area (Å²) in [6.45, 7) is 2.29. The molecule has 284 valence electrons. The van der Waals surface area contributed by atoms with Gasteiger partial charge in [0, 0.05) is 55.7 Å². The van der Waals surface area contributed by atoms with Crippen molar-refractivity contribution < 1.29 is 4.74 Å². The molecule has 8 aliphatic carbocycles. The Kier molecular flexibility index (Phi) is 8.06. The summed E-state index contributed by atoms with van der Waals surface area (Å²) in [6.07, 6.45) is 39.0. The second kappa shape index (κ2) is 13.1. The van der Waals surface area contributed by atoms with Crippen molar-refractivity contribution in [3.63, 3.8) is 0 Å². The maximum Gasteiger partial charge on any atom is 0.150 e. The normalized spacial score (nSPS) is 35.0. The predicted molar refractivity (Wildman–Crippen MR) is 235 cm³/mol. The van der Waals surface area contributed by atoms with E-state index in [1.54, 1.807) is 28.1 Å². The molecule has 1 N–H and O–H groups in total. The van der Waals surface area contributed by atoms with Gasteiger partial charge in [-0.15, -0.1) is 5.73 Å². The topological polar surface area (TPSA) is 24.5 Å². The highest BCUT2D eigenvalue weighted by molar-refractivity contribution is 14.1. The van der Waals surface area contributed by atoms with Crippen molar-refractivity contribution in [1.29, 1.82) is 0 Å². The van der Waals surface area contributed by atoms with Crippen LogP contribution in [0.4, 0.5) is 0 Å².